The number of hydrogen-bond acceptors (Lipinski definition) is 1. The molecular weight excluding hydrogens is 627 g/mol. The van der Waals surface area contributed by atoms with Crippen molar-refractivity contribution in [1.82, 2.24) is 0 Å². The Morgan fingerprint density at radius 2 is 1.02 bits per heavy atom. The normalized spacial score (nSPS) is 15.0. The van der Waals surface area contributed by atoms with E-state index >= 15 is 0 Å². The molecule has 1 nitrogen and oxygen atoms in total. The second-order valence-corrected chi connectivity index (χ2v) is 14.0. The van der Waals surface area contributed by atoms with Crippen LogP contribution in [0, 0.1) is 0 Å². The van der Waals surface area contributed by atoms with Gasteiger partial charge in [0.1, 0.15) is 0 Å². The van der Waals surface area contributed by atoms with E-state index in [0.29, 0.717) is 0 Å². The summed E-state index contributed by atoms with van der Waals surface area (Å²) in [6, 6.07) is 74.0. The lowest BCUT2D eigenvalue weighted by Crippen LogP contribution is -2.31. The lowest BCUT2D eigenvalue weighted by atomic mass is 9.62. The zero-order chi connectivity index (χ0) is 34.2. The summed E-state index contributed by atoms with van der Waals surface area (Å²) >= 11 is 0. The lowest BCUT2D eigenvalue weighted by Gasteiger charge is -2.40. The van der Waals surface area contributed by atoms with Gasteiger partial charge >= 0.3 is 0 Å². The molecule has 52 heavy (non-hydrogen) atoms. The summed E-state index contributed by atoms with van der Waals surface area (Å²) in [5, 5.41) is 5.09. The van der Waals surface area contributed by atoms with E-state index in [0.717, 1.165) is 17.1 Å². The molecule has 0 heterocycles. The Balaban J connectivity index is 1.22. The molecule has 2 aliphatic rings. The van der Waals surface area contributed by atoms with Gasteiger partial charge in [0, 0.05) is 16.8 Å². The molecular formula is C51H33N. The first-order chi connectivity index (χ1) is 25.8. The highest BCUT2D eigenvalue weighted by molar-refractivity contribution is 6.12. The number of nitrogens with zero attached hydrogens (tertiary/aromatic N) is 1. The average molecular weight is 660 g/mol. The van der Waals surface area contributed by atoms with E-state index in [-0.39, 0.29) is 0 Å². The Morgan fingerprint density at radius 1 is 0.365 bits per heavy atom. The van der Waals surface area contributed by atoms with Crippen LogP contribution in [0.15, 0.2) is 200 Å². The fourth-order valence-electron chi connectivity index (χ4n) is 9.39. The van der Waals surface area contributed by atoms with Crippen molar-refractivity contribution >= 4 is 38.6 Å². The van der Waals surface area contributed by atoms with Gasteiger partial charge in [0.2, 0.25) is 0 Å². The van der Waals surface area contributed by atoms with Gasteiger partial charge in [-0.1, -0.05) is 170 Å². The van der Waals surface area contributed by atoms with Crippen molar-refractivity contribution in [2.75, 3.05) is 4.90 Å². The molecule has 0 bridgehead atoms. The molecule has 11 rings (SSSR count). The van der Waals surface area contributed by atoms with Crippen molar-refractivity contribution in [2.45, 2.75) is 5.41 Å². The van der Waals surface area contributed by atoms with Crippen LogP contribution in [0.5, 0.6) is 0 Å². The standard InChI is InChI=1S/C51H33N/c1-4-15-34(16-5-1)39-30-32-48(42-24-11-10-22-40(39)42)52(37-20-8-3-9-21-37)38-28-31-47-45(33-38)43-25-14-17-35-27-29-44-41-23-12-13-26-46(41)51(47,50(44)49(35)43)36-18-6-2-7-19-36/h1-33H. The van der Waals surface area contributed by atoms with E-state index in [4.69, 9.17) is 0 Å². The molecule has 0 saturated carbocycles. The molecule has 242 valence electrons. The number of hydrogen-bond donors (Lipinski definition) is 0. The SMILES string of the molecule is c1ccc(-c2ccc(N(c3ccccc3)c3ccc4c(c3)-c3cccc5ccc6c(c35)C4(c3ccccc3)c3ccccc3-6)c3ccccc23)cc1. The van der Waals surface area contributed by atoms with Crippen LogP contribution in [-0.2, 0) is 5.41 Å². The zero-order valence-electron chi connectivity index (χ0n) is 28.5. The van der Waals surface area contributed by atoms with Gasteiger partial charge in [-0.15, -0.1) is 0 Å². The number of benzene rings is 9. The molecule has 2 aliphatic carbocycles. The minimum absolute atomic E-state index is 0.434. The molecule has 0 amide bonds. The second-order valence-electron chi connectivity index (χ2n) is 14.0. The maximum atomic E-state index is 2.46. The Labute approximate surface area is 303 Å². The first-order valence-corrected chi connectivity index (χ1v) is 18.1. The van der Waals surface area contributed by atoms with Crippen LogP contribution in [0.25, 0.3) is 54.9 Å². The van der Waals surface area contributed by atoms with Crippen LogP contribution >= 0.6 is 0 Å². The van der Waals surface area contributed by atoms with Gasteiger partial charge in [-0.25, -0.2) is 0 Å². The summed E-state index contributed by atoms with van der Waals surface area (Å²) in [6.07, 6.45) is 0. The molecule has 0 N–H and O–H groups in total. The molecule has 1 heteroatoms. The summed E-state index contributed by atoms with van der Waals surface area (Å²) in [6.45, 7) is 0. The Bertz CT molecular complexity index is 2840. The predicted octanol–water partition coefficient (Wildman–Crippen LogP) is 13.5. The molecule has 0 radical (unpaired) electrons. The van der Waals surface area contributed by atoms with Gasteiger partial charge in [0.15, 0.2) is 0 Å². The van der Waals surface area contributed by atoms with E-state index in [2.05, 4.69) is 205 Å². The van der Waals surface area contributed by atoms with E-state index in [1.807, 2.05) is 0 Å². The van der Waals surface area contributed by atoms with E-state index in [1.54, 1.807) is 0 Å². The molecule has 1 unspecified atom stereocenters. The maximum Gasteiger partial charge on any atom is 0.0725 e. The summed E-state index contributed by atoms with van der Waals surface area (Å²) in [7, 11) is 0. The summed E-state index contributed by atoms with van der Waals surface area (Å²) in [5.74, 6) is 0. The Morgan fingerprint density at radius 3 is 1.85 bits per heavy atom. The van der Waals surface area contributed by atoms with Crippen molar-refractivity contribution in [2.24, 2.45) is 0 Å². The van der Waals surface area contributed by atoms with Crippen LogP contribution in [0.4, 0.5) is 17.1 Å². The zero-order valence-corrected chi connectivity index (χ0v) is 28.5. The fraction of sp³-hybridized carbons (Fsp3) is 0.0196. The van der Waals surface area contributed by atoms with E-state index in [1.165, 1.54) is 77.2 Å². The molecule has 9 aromatic carbocycles. The fourth-order valence-corrected chi connectivity index (χ4v) is 9.39. The lowest BCUT2D eigenvalue weighted by molar-refractivity contribution is 0.773. The van der Waals surface area contributed by atoms with Crippen LogP contribution in [0.2, 0.25) is 0 Å². The number of anilines is 3. The first kappa shape index (κ1) is 29.1. The molecule has 0 spiro atoms. The van der Waals surface area contributed by atoms with Gasteiger partial charge in [0.05, 0.1) is 11.1 Å². The smallest absolute Gasteiger partial charge is 0.0725 e. The van der Waals surface area contributed by atoms with Crippen molar-refractivity contribution in [1.29, 1.82) is 0 Å². The van der Waals surface area contributed by atoms with E-state index < -0.39 is 5.41 Å². The van der Waals surface area contributed by atoms with Crippen molar-refractivity contribution in [3.8, 4) is 33.4 Å². The molecule has 0 fully saturated rings. The maximum absolute atomic E-state index is 2.46. The minimum atomic E-state index is -0.434. The topological polar surface area (TPSA) is 3.24 Å². The average Bonchev–Trinajstić information content (AvgIpc) is 3.54. The summed E-state index contributed by atoms with van der Waals surface area (Å²) < 4.78 is 0. The Hall–Kier alpha value is -6.70. The van der Waals surface area contributed by atoms with Gasteiger partial charge < -0.3 is 4.90 Å². The highest BCUT2D eigenvalue weighted by Crippen LogP contribution is 2.63. The van der Waals surface area contributed by atoms with Crippen molar-refractivity contribution in [3.05, 3.63) is 222 Å². The summed E-state index contributed by atoms with van der Waals surface area (Å²) in [5.41, 5.74) is 16.1. The summed E-state index contributed by atoms with van der Waals surface area (Å²) in [4.78, 5) is 2.45. The van der Waals surface area contributed by atoms with Crippen LogP contribution in [0.3, 0.4) is 0 Å². The van der Waals surface area contributed by atoms with Crippen molar-refractivity contribution < 1.29 is 0 Å². The van der Waals surface area contributed by atoms with Gasteiger partial charge in [-0.2, -0.15) is 0 Å². The molecule has 0 aromatic heterocycles. The molecule has 9 aromatic rings. The first-order valence-electron chi connectivity index (χ1n) is 18.1. The van der Waals surface area contributed by atoms with Crippen molar-refractivity contribution in [3.63, 3.8) is 0 Å². The second kappa shape index (κ2) is 11.2. The monoisotopic (exact) mass is 659 g/mol. The third-order valence-corrected chi connectivity index (χ3v) is 11.4. The third-order valence-electron chi connectivity index (χ3n) is 11.4. The van der Waals surface area contributed by atoms with Gasteiger partial charge in [0.25, 0.3) is 0 Å². The molecule has 0 aliphatic heterocycles. The predicted molar refractivity (Wildman–Crippen MR) is 218 cm³/mol. The number of fused-ring (bicyclic) bond motifs is 7. The molecule has 0 saturated heterocycles. The number of rotatable bonds is 5. The van der Waals surface area contributed by atoms with E-state index in [9.17, 15) is 0 Å². The third kappa shape index (κ3) is 3.94. The quantitative estimate of drug-likeness (QED) is 0.178. The highest BCUT2D eigenvalue weighted by atomic mass is 15.1. The molecule has 1 atom stereocenters. The highest BCUT2D eigenvalue weighted by Gasteiger charge is 2.50. The van der Waals surface area contributed by atoms with Crippen LogP contribution in [0.1, 0.15) is 22.3 Å². The van der Waals surface area contributed by atoms with Crippen LogP contribution < -0.4 is 4.90 Å². The van der Waals surface area contributed by atoms with Gasteiger partial charge in [-0.05, 0) is 102 Å². The minimum Gasteiger partial charge on any atom is -0.310 e. The largest absolute Gasteiger partial charge is 0.310 e. The van der Waals surface area contributed by atoms with Gasteiger partial charge in [-0.3, -0.25) is 0 Å². The van der Waals surface area contributed by atoms with Crippen LogP contribution in [-0.4, -0.2) is 0 Å². The number of para-hydroxylation sites is 1. The Kier molecular flexibility index (Phi) is 6.23.